The second kappa shape index (κ2) is 7.89. The molecule has 0 radical (unpaired) electrons. The Morgan fingerprint density at radius 2 is 1.86 bits per heavy atom. The van der Waals surface area contributed by atoms with Gasteiger partial charge in [-0.2, -0.15) is 0 Å². The van der Waals surface area contributed by atoms with Crippen molar-refractivity contribution < 1.29 is 15.0 Å². The Morgan fingerprint density at radius 3 is 2.43 bits per heavy atom. The second-order valence-electron chi connectivity index (χ2n) is 5.32. The lowest BCUT2D eigenvalue weighted by atomic mass is 10.0. The van der Waals surface area contributed by atoms with Crippen LogP contribution in [0.2, 0.25) is 5.02 Å². The van der Waals surface area contributed by atoms with Crippen molar-refractivity contribution in [2.45, 2.75) is 40.0 Å². The van der Waals surface area contributed by atoms with Crippen molar-refractivity contribution in [3.8, 4) is 11.5 Å². The van der Waals surface area contributed by atoms with Crippen molar-refractivity contribution in [2.24, 2.45) is 0 Å². The zero-order chi connectivity index (χ0) is 16.0. The number of aldehydes is 1. The molecule has 0 aliphatic carbocycles. The molecule has 0 atom stereocenters. The molecule has 1 rings (SSSR count). The summed E-state index contributed by atoms with van der Waals surface area (Å²) in [5.41, 5.74) is 2.80. The fourth-order valence-electron chi connectivity index (χ4n) is 1.95. The summed E-state index contributed by atoms with van der Waals surface area (Å²) in [5, 5.41) is 20.0. The highest BCUT2D eigenvalue weighted by Crippen LogP contribution is 2.37. The van der Waals surface area contributed by atoms with Crippen LogP contribution in [0.15, 0.2) is 29.4 Å². The first kappa shape index (κ1) is 17.3. The minimum Gasteiger partial charge on any atom is -0.507 e. The zero-order valence-electron chi connectivity index (χ0n) is 12.6. The third-order valence-corrected chi connectivity index (χ3v) is 3.51. The Morgan fingerprint density at radius 1 is 1.19 bits per heavy atom. The maximum Gasteiger partial charge on any atom is 0.153 e. The van der Waals surface area contributed by atoms with Gasteiger partial charge in [-0.1, -0.05) is 34.9 Å². The molecule has 0 spiro atoms. The Kier molecular flexibility index (Phi) is 6.50. The van der Waals surface area contributed by atoms with E-state index in [4.69, 9.17) is 11.6 Å². The summed E-state index contributed by atoms with van der Waals surface area (Å²) in [4.78, 5) is 10.9. The van der Waals surface area contributed by atoms with Gasteiger partial charge in [-0.3, -0.25) is 4.79 Å². The summed E-state index contributed by atoms with van der Waals surface area (Å²) in [5.74, 6) is -0.381. The van der Waals surface area contributed by atoms with Crippen molar-refractivity contribution in [1.82, 2.24) is 0 Å². The third-order valence-electron chi connectivity index (χ3n) is 3.23. The fourth-order valence-corrected chi connectivity index (χ4v) is 2.19. The number of carbonyl (C=O) groups excluding carboxylic acids is 1. The van der Waals surface area contributed by atoms with Gasteiger partial charge in [0, 0.05) is 5.56 Å². The van der Waals surface area contributed by atoms with Crippen molar-refractivity contribution in [2.75, 3.05) is 0 Å². The Labute approximate surface area is 130 Å². The van der Waals surface area contributed by atoms with Gasteiger partial charge in [0.05, 0.1) is 10.6 Å². The summed E-state index contributed by atoms with van der Waals surface area (Å²) in [7, 11) is 0. The first-order chi connectivity index (χ1) is 9.86. The van der Waals surface area contributed by atoms with E-state index in [0.29, 0.717) is 12.7 Å². The molecule has 0 unspecified atom stereocenters. The van der Waals surface area contributed by atoms with Crippen molar-refractivity contribution >= 4 is 17.9 Å². The average Bonchev–Trinajstić information content (AvgIpc) is 2.42. The number of allylic oxidation sites excluding steroid dienone is 4. The monoisotopic (exact) mass is 308 g/mol. The van der Waals surface area contributed by atoms with Crippen LogP contribution in [0.25, 0.3) is 0 Å². The van der Waals surface area contributed by atoms with Crippen LogP contribution in [-0.4, -0.2) is 16.5 Å². The largest absolute Gasteiger partial charge is 0.507 e. The number of carbonyl (C=O) groups is 1. The SMILES string of the molecule is CC(C)=CCC/C(C)=C/Cc1c(O)c(Cl)cc(C=O)c1O. The molecule has 0 aliphatic rings. The summed E-state index contributed by atoms with van der Waals surface area (Å²) in [6, 6.07) is 1.26. The van der Waals surface area contributed by atoms with Crippen LogP contribution in [0.4, 0.5) is 0 Å². The van der Waals surface area contributed by atoms with Gasteiger partial charge in [0.15, 0.2) is 6.29 Å². The summed E-state index contributed by atoms with van der Waals surface area (Å²) in [6.07, 6.45) is 6.82. The van der Waals surface area contributed by atoms with Gasteiger partial charge in [0.2, 0.25) is 0 Å². The molecule has 0 fully saturated rings. The molecular weight excluding hydrogens is 288 g/mol. The lowest BCUT2D eigenvalue weighted by Crippen LogP contribution is -1.92. The van der Waals surface area contributed by atoms with Gasteiger partial charge in [-0.05, 0) is 46.1 Å². The van der Waals surface area contributed by atoms with Gasteiger partial charge in [0.25, 0.3) is 0 Å². The topological polar surface area (TPSA) is 57.5 Å². The molecule has 2 N–H and O–H groups in total. The van der Waals surface area contributed by atoms with Crippen molar-refractivity contribution in [3.63, 3.8) is 0 Å². The van der Waals surface area contributed by atoms with E-state index in [2.05, 4.69) is 19.9 Å². The van der Waals surface area contributed by atoms with Gasteiger partial charge in [-0.25, -0.2) is 0 Å². The molecule has 4 heteroatoms. The molecule has 3 nitrogen and oxygen atoms in total. The normalized spacial score (nSPS) is 11.3. The molecule has 21 heavy (non-hydrogen) atoms. The lowest BCUT2D eigenvalue weighted by Gasteiger charge is -2.09. The standard InChI is InChI=1S/C17H21ClO3/c1-11(2)5-4-6-12(3)7-8-14-16(20)13(10-19)9-15(18)17(14)21/h5,7,9-10,20-21H,4,6,8H2,1-3H3/b12-7+. The van der Waals surface area contributed by atoms with Crippen LogP contribution in [0, 0.1) is 0 Å². The van der Waals surface area contributed by atoms with Crippen LogP contribution in [-0.2, 0) is 6.42 Å². The molecule has 114 valence electrons. The smallest absolute Gasteiger partial charge is 0.153 e. The molecule has 0 saturated carbocycles. The van der Waals surface area contributed by atoms with Crippen molar-refractivity contribution in [3.05, 3.63) is 45.5 Å². The van der Waals surface area contributed by atoms with Gasteiger partial charge >= 0.3 is 0 Å². The van der Waals surface area contributed by atoms with E-state index in [1.54, 1.807) is 0 Å². The first-order valence-electron chi connectivity index (χ1n) is 6.84. The summed E-state index contributed by atoms with van der Waals surface area (Å²) >= 11 is 5.86. The molecular formula is C17H21ClO3. The molecule has 0 aliphatic heterocycles. The van der Waals surface area contributed by atoms with E-state index >= 15 is 0 Å². The van der Waals surface area contributed by atoms with Gasteiger partial charge in [-0.15, -0.1) is 0 Å². The zero-order valence-corrected chi connectivity index (χ0v) is 13.4. The molecule has 0 saturated heterocycles. The number of phenols is 2. The van der Waals surface area contributed by atoms with Gasteiger partial charge < -0.3 is 10.2 Å². The number of hydrogen-bond donors (Lipinski definition) is 2. The maximum absolute atomic E-state index is 10.9. The summed E-state index contributed by atoms with van der Waals surface area (Å²) in [6.45, 7) is 6.11. The van der Waals surface area contributed by atoms with Crippen LogP contribution < -0.4 is 0 Å². The van der Waals surface area contributed by atoms with E-state index < -0.39 is 0 Å². The molecule has 0 aromatic heterocycles. The molecule has 0 heterocycles. The Hall–Kier alpha value is -1.74. The second-order valence-corrected chi connectivity index (χ2v) is 5.72. The highest BCUT2D eigenvalue weighted by molar-refractivity contribution is 6.32. The summed E-state index contributed by atoms with van der Waals surface area (Å²) < 4.78 is 0. The van der Waals surface area contributed by atoms with Crippen LogP contribution in [0.1, 0.15) is 49.5 Å². The molecule has 1 aromatic carbocycles. The van der Waals surface area contributed by atoms with E-state index in [-0.39, 0.29) is 27.6 Å². The van der Waals surface area contributed by atoms with E-state index in [0.717, 1.165) is 18.4 Å². The molecule has 1 aromatic rings. The van der Waals surface area contributed by atoms with E-state index in [9.17, 15) is 15.0 Å². The number of benzene rings is 1. The number of rotatable bonds is 6. The highest BCUT2D eigenvalue weighted by Gasteiger charge is 2.15. The predicted octanol–water partition coefficient (Wildman–Crippen LogP) is 4.80. The first-order valence-corrected chi connectivity index (χ1v) is 7.22. The molecule has 0 amide bonds. The quantitative estimate of drug-likeness (QED) is 0.586. The minimum atomic E-state index is -0.208. The number of aromatic hydroxyl groups is 2. The molecule has 0 bridgehead atoms. The van der Waals surface area contributed by atoms with Crippen LogP contribution >= 0.6 is 11.6 Å². The number of hydrogen-bond acceptors (Lipinski definition) is 3. The average molecular weight is 309 g/mol. The van der Waals surface area contributed by atoms with E-state index in [1.165, 1.54) is 11.6 Å². The number of phenolic OH excluding ortho intramolecular Hbond substituents is 2. The Bertz CT molecular complexity index is 582. The van der Waals surface area contributed by atoms with E-state index in [1.807, 2.05) is 13.0 Å². The lowest BCUT2D eigenvalue weighted by molar-refractivity contribution is 0.112. The maximum atomic E-state index is 10.9. The highest BCUT2D eigenvalue weighted by atomic mass is 35.5. The minimum absolute atomic E-state index is 0.0699. The fraction of sp³-hybridized carbons (Fsp3) is 0.353. The van der Waals surface area contributed by atoms with Crippen LogP contribution in [0.3, 0.4) is 0 Å². The number of halogens is 1. The van der Waals surface area contributed by atoms with Crippen LogP contribution in [0.5, 0.6) is 11.5 Å². The predicted molar refractivity (Wildman–Crippen MR) is 86.3 cm³/mol. The third kappa shape index (κ3) is 4.94. The Balaban J connectivity index is 2.90. The van der Waals surface area contributed by atoms with Gasteiger partial charge in [0.1, 0.15) is 11.5 Å². The van der Waals surface area contributed by atoms with Crippen molar-refractivity contribution in [1.29, 1.82) is 0 Å².